The summed E-state index contributed by atoms with van der Waals surface area (Å²) in [5.41, 5.74) is 6.49. The van der Waals surface area contributed by atoms with E-state index in [4.69, 9.17) is 5.73 Å². The Hall–Kier alpha value is -1.91. The third-order valence-electron chi connectivity index (χ3n) is 3.16. The molecule has 0 amide bonds. The van der Waals surface area contributed by atoms with E-state index in [2.05, 4.69) is 4.98 Å². The van der Waals surface area contributed by atoms with Gasteiger partial charge in [0.1, 0.15) is 29.0 Å². The second-order valence-corrected chi connectivity index (χ2v) is 5.75. The van der Waals surface area contributed by atoms with Crippen molar-refractivity contribution in [1.82, 2.24) is 9.55 Å². The number of hydrogen-bond acceptors (Lipinski definition) is 2. The highest BCUT2D eigenvalue weighted by atomic mass is 19.1. The zero-order valence-corrected chi connectivity index (χ0v) is 12.2. The summed E-state index contributed by atoms with van der Waals surface area (Å²) in [5.74, 6) is -0.0812. The van der Waals surface area contributed by atoms with Gasteiger partial charge in [0.2, 0.25) is 0 Å². The third kappa shape index (κ3) is 2.40. The Balaban J connectivity index is 2.67. The Morgan fingerprint density at radius 2 is 1.90 bits per heavy atom. The van der Waals surface area contributed by atoms with E-state index in [0.717, 1.165) is 11.9 Å². The Labute approximate surface area is 117 Å². The number of aromatic nitrogens is 2. The summed E-state index contributed by atoms with van der Waals surface area (Å²) in [6.45, 7) is 7.99. The highest BCUT2D eigenvalue weighted by molar-refractivity contribution is 5.71. The molecule has 0 bridgehead atoms. The quantitative estimate of drug-likeness (QED) is 0.910. The van der Waals surface area contributed by atoms with E-state index in [-0.39, 0.29) is 11.1 Å². The van der Waals surface area contributed by atoms with E-state index in [0.29, 0.717) is 17.9 Å². The lowest BCUT2D eigenvalue weighted by atomic mass is 10.1. The van der Waals surface area contributed by atoms with Crippen LogP contribution in [0.25, 0.3) is 11.3 Å². The molecule has 0 aliphatic carbocycles. The number of halogens is 2. The van der Waals surface area contributed by atoms with E-state index >= 15 is 0 Å². The molecule has 0 fully saturated rings. The van der Waals surface area contributed by atoms with Crippen molar-refractivity contribution < 1.29 is 8.78 Å². The zero-order valence-electron chi connectivity index (χ0n) is 12.2. The van der Waals surface area contributed by atoms with Gasteiger partial charge in [0.15, 0.2) is 0 Å². The fraction of sp³-hybridized carbons (Fsp3) is 0.400. The van der Waals surface area contributed by atoms with Crippen LogP contribution in [0.2, 0.25) is 0 Å². The van der Waals surface area contributed by atoms with Crippen molar-refractivity contribution in [3.63, 3.8) is 0 Å². The van der Waals surface area contributed by atoms with Crippen LogP contribution in [0, 0.1) is 11.6 Å². The van der Waals surface area contributed by atoms with Crippen molar-refractivity contribution in [2.45, 2.75) is 39.7 Å². The second kappa shape index (κ2) is 4.89. The van der Waals surface area contributed by atoms with Crippen LogP contribution in [0.1, 0.15) is 33.5 Å². The molecule has 0 aliphatic rings. The minimum Gasteiger partial charge on any atom is -0.383 e. The summed E-state index contributed by atoms with van der Waals surface area (Å²) in [4.78, 5) is 4.43. The van der Waals surface area contributed by atoms with Crippen LogP contribution in [-0.4, -0.2) is 9.55 Å². The first kappa shape index (κ1) is 14.5. The maximum Gasteiger partial charge on any atom is 0.135 e. The van der Waals surface area contributed by atoms with Gasteiger partial charge in [-0.2, -0.15) is 0 Å². The Morgan fingerprint density at radius 1 is 1.25 bits per heavy atom. The van der Waals surface area contributed by atoms with Crippen molar-refractivity contribution in [2.75, 3.05) is 5.73 Å². The van der Waals surface area contributed by atoms with E-state index < -0.39 is 11.6 Å². The van der Waals surface area contributed by atoms with Crippen molar-refractivity contribution in [3.05, 3.63) is 35.7 Å². The average molecular weight is 279 g/mol. The van der Waals surface area contributed by atoms with Crippen molar-refractivity contribution in [3.8, 4) is 11.3 Å². The maximum atomic E-state index is 13.9. The number of anilines is 1. The smallest absolute Gasteiger partial charge is 0.135 e. The lowest BCUT2D eigenvalue weighted by Gasteiger charge is -2.24. The molecule has 0 unspecified atom stereocenters. The standard InChI is InChI=1S/C15H19F2N3/c1-5-12-19-13(14(18)20(12)15(2,3)4)10-7-6-9(16)8-11(10)17/h6-8H,5,18H2,1-4H3. The SMILES string of the molecule is CCc1nc(-c2ccc(F)cc2F)c(N)n1C(C)(C)C. The number of nitrogen functional groups attached to an aromatic ring is 1. The first-order valence-electron chi connectivity index (χ1n) is 6.58. The number of imidazole rings is 1. The van der Waals surface area contributed by atoms with Gasteiger partial charge in [-0.25, -0.2) is 13.8 Å². The monoisotopic (exact) mass is 279 g/mol. The number of nitrogens with zero attached hydrogens (tertiary/aromatic N) is 2. The predicted octanol–water partition coefficient (Wildman–Crippen LogP) is 3.73. The van der Waals surface area contributed by atoms with E-state index in [1.165, 1.54) is 12.1 Å². The van der Waals surface area contributed by atoms with Crippen LogP contribution in [0.15, 0.2) is 18.2 Å². The number of nitrogens with two attached hydrogens (primary N) is 1. The number of benzene rings is 1. The van der Waals surface area contributed by atoms with Gasteiger partial charge in [-0.15, -0.1) is 0 Å². The largest absolute Gasteiger partial charge is 0.383 e. The van der Waals surface area contributed by atoms with Gasteiger partial charge >= 0.3 is 0 Å². The molecule has 2 rings (SSSR count). The fourth-order valence-electron chi connectivity index (χ4n) is 2.35. The Kier molecular flexibility index (Phi) is 3.54. The molecule has 0 atom stereocenters. The van der Waals surface area contributed by atoms with Gasteiger partial charge in [0.25, 0.3) is 0 Å². The molecular formula is C15H19F2N3. The highest BCUT2D eigenvalue weighted by Crippen LogP contribution is 2.33. The molecule has 0 saturated heterocycles. The van der Waals surface area contributed by atoms with Crippen molar-refractivity contribution >= 4 is 5.82 Å². The van der Waals surface area contributed by atoms with Crippen molar-refractivity contribution in [1.29, 1.82) is 0 Å². The predicted molar refractivity (Wildman–Crippen MR) is 76.4 cm³/mol. The van der Waals surface area contributed by atoms with Crippen molar-refractivity contribution in [2.24, 2.45) is 0 Å². The molecule has 5 heteroatoms. The van der Waals surface area contributed by atoms with Crippen LogP contribution in [0.4, 0.5) is 14.6 Å². The second-order valence-electron chi connectivity index (χ2n) is 5.75. The molecule has 2 N–H and O–H groups in total. The molecule has 1 heterocycles. The van der Waals surface area contributed by atoms with Gasteiger partial charge < -0.3 is 10.3 Å². The third-order valence-corrected chi connectivity index (χ3v) is 3.16. The highest BCUT2D eigenvalue weighted by Gasteiger charge is 2.24. The summed E-state index contributed by atoms with van der Waals surface area (Å²) >= 11 is 0. The molecule has 1 aromatic heterocycles. The summed E-state index contributed by atoms with van der Waals surface area (Å²) in [6.07, 6.45) is 0.685. The van der Waals surface area contributed by atoms with Gasteiger partial charge in [-0.1, -0.05) is 6.92 Å². The average Bonchev–Trinajstić information content (AvgIpc) is 2.66. The molecule has 0 aliphatic heterocycles. The van der Waals surface area contributed by atoms with Crippen LogP contribution >= 0.6 is 0 Å². The maximum absolute atomic E-state index is 13.9. The minimum atomic E-state index is -0.655. The molecule has 1 aromatic carbocycles. The normalized spacial score (nSPS) is 11.9. The van der Waals surface area contributed by atoms with Crippen LogP contribution in [0.5, 0.6) is 0 Å². The molecular weight excluding hydrogens is 260 g/mol. The van der Waals surface area contributed by atoms with Crippen LogP contribution < -0.4 is 5.73 Å². The molecule has 2 aromatic rings. The number of hydrogen-bond donors (Lipinski definition) is 1. The Bertz CT molecular complexity index is 639. The molecule has 108 valence electrons. The van der Waals surface area contributed by atoms with Gasteiger partial charge in [0, 0.05) is 23.6 Å². The first-order valence-corrected chi connectivity index (χ1v) is 6.58. The van der Waals surface area contributed by atoms with Crippen LogP contribution in [0.3, 0.4) is 0 Å². The fourth-order valence-corrected chi connectivity index (χ4v) is 2.35. The van der Waals surface area contributed by atoms with E-state index in [1.54, 1.807) is 0 Å². The minimum absolute atomic E-state index is 0.224. The van der Waals surface area contributed by atoms with Gasteiger partial charge in [0.05, 0.1) is 0 Å². The molecule has 20 heavy (non-hydrogen) atoms. The summed E-state index contributed by atoms with van der Waals surface area (Å²) < 4.78 is 28.8. The zero-order chi connectivity index (χ0) is 15.1. The number of aryl methyl sites for hydroxylation is 1. The van der Waals surface area contributed by atoms with Gasteiger partial charge in [-0.3, -0.25) is 0 Å². The van der Waals surface area contributed by atoms with Crippen LogP contribution in [-0.2, 0) is 12.0 Å². The molecule has 3 nitrogen and oxygen atoms in total. The lowest BCUT2D eigenvalue weighted by Crippen LogP contribution is -2.25. The molecule has 0 saturated carbocycles. The topological polar surface area (TPSA) is 43.8 Å². The first-order chi connectivity index (χ1) is 9.25. The Morgan fingerprint density at radius 3 is 2.35 bits per heavy atom. The summed E-state index contributed by atoms with van der Waals surface area (Å²) in [5, 5.41) is 0. The molecule has 0 spiro atoms. The van der Waals surface area contributed by atoms with E-state index in [9.17, 15) is 8.78 Å². The summed E-state index contributed by atoms with van der Waals surface area (Å²) in [7, 11) is 0. The van der Waals surface area contributed by atoms with Gasteiger partial charge in [-0.05, 0) is 32.9 Å². The number of rotatable bonds is 2. The summed E-state index contributed by atoms with van der Waals surface area (Å²) in [6, 6.07) is 3.42. The van der Waals surface area contributed by atoms with E-state index in [1.807, 2.05) is 32.3 Å². The lowest BCUT2D eigenvalue weighted by molar-refractivity contribution is 0.389. The molecule has 0 radical (unpaired) electrons.